The maximum atomic E-state index is 11.3. The lowest BCUT2D eigenvalue weighted by Gasteiger charge is -2.32. The Morgan fingerprint density at radius 3 is 2.50 bits per heavy atom. The molecule has 1 aliphatic heterocycles. The summed E-state index contributed by atoms with van der Waals surface area (Å²) in [5.74, 6) is 0.747. The third-order valence-corrected chi connectivity index (χ3v) is 4.32. The number of nitrogens with zero attached hydrogens (tertiary/aromatic N) is 2. The summed E-state index contributed by atoms with van der Waals surface area (Å²) in [6.07, 6.45) is 3.55. The van der Waals surface area contributed by atoms with Gasteiger partial charge in [0.15, 0.2) is 0 Å². The molecule has 1 N–H and O–H groups in total. The number of anilines is 2. The number of hydrogen-bond donors (Lipinski definition) is 1. The van der Waals surface area contributed by atoms with Gasteiger partial charge >= 0.3 is 0 Å². The number of hydrogen-bond acceptors (Lipinski definition) is 3. The Kier molecular flexibility index (Phi) is 5.81. The molecule has 1 aliphatic rings. The van der Waals surface area contributed by atoms with E-state index in [4.69, 9.17) is 0 Å². The molecule has 0 saturated carbocycles. The largest absolute Gasteiger partial charge is 0.372 e. The SMILES string of the molecule is CNC(=O)CCN(C=O)c1ccc(N2CCC(C)CC2)cc1. The Morgan fingerprint density at radius 2 is 1.95 bits per heavy atom. The molecule has 22 heavy (non-hydrogen) atoms. The molecule has 0 aliphatic carbocycles. The van der Waals surface area contributed by atoms with E-state index < -0.39 is 0 Å². The van der Waals surface area contributed by atoms with Gasteiger partial charge in [-0.25, -0.2) is 0 Å². The number of carbonyl (C=O) groups excluding carboxylic acids is 2. The van der Waals surface area contributed by atoms with E-state index in [9.17, 15) is 9.59 Å². The van der Waals surface area contributed by atoms with E-state index in [0.717, 1.165) is 31.1 Å². The highest BCUT2D eigenvalue weighted by Crippen LogP contribution is 2.25. The first-order valence-corrected chi connectivity index (χ1v) is 7.91. The van der Waals surface area contributed by atoms with Crippen molar-refractivity contribution in [2.24, 2.45) is 5.92 Å². The predicted octanol–water partition coefficient (Wildman–Crippen LogP) is 2.02. The smallest absolute Gasteiger partial charge is 0.221 e. The van der Waals surface area contributed by atoms with E-state index >= 15 is 0 Å². The van der Waals surface area contributed by atoms with Crippen LogP contribution < -0.4 is 15.1 Å². The molecule has 0 bridgehead atoms. The molecule has 1 aromatic carbocycles. The monoisotopic (exact) mass is 303 g/mol. The van der Waals surface area contributed by atoms with Crippen LogP contribution in [0.2, 0.25) is 0 Å². The third-order valence-electron chi connectivity index (χ3n) is 4.32. The molecular formula is C17H25N3O2. The molecule has 0 unspecified atom stereocenters. The second-order valence-corrected chi connectivity index (χ2v) is 5.91. The molecule has 1 heterocycles. The van der Waals surface area contributed by atoms with Crippen LogP contribution in [-0.2, 0) is 9.59 Å². The van der Waals surface area contributed by atoms with Crippen molar-refractivity contribution in [1.82, 2.24) is 5.32 Å². The van der Waals surface area contributed by atoms with Gasteiger partial charge in [-0.1, -0.05) is 6.92 Å². The van der Waals surface area contributed by atoms with Gasteiger partial charge < -0.3 is 15.1 Å². The second-order valence-electron chi connectivity index (χ2n) is 5.91. The maximum Gasteiger partial charge on any atom is 0.221 e. The summed E-state index contributed by atoms with van der Waals surface area (Å²) >= 11 is 0. The summed E-state index contributed by atoms with van der Waals surface area (Å²) in [5.41, 5.74) is 2.03. The first kappa shape index (κ1) is 16.3. The molecule has 0 radical (unpaired) electrons. The number of benzene rings is 1. The number of piperidine rings is 1. The summed E-state index contributed by atoms with van der Waals surface area (Å²) < 4.78 is 0. The lowest BCUT2D eigenvalue weighted by molar-refractivity contribution is -0.120. The van der Waals surface area contributed by atoms with Crippen LogP contribution in [0, 0.1) is 5.92 Å². The molecule has 5 heteroatoms. The molecular weight excluding hydrogens is 278 g/mol. The Bertz CT molecular complexity index is 493. The minimum atomic E-state index is -0.0640. The molecule has 120 valence electrons. The number of carbonyl (C=O) groups is 2. The zero-order valence-electron chi connectivity index (χ0n) is 13.4. The molecule has 0 atom stereocenters. The topological polar surface area (TPSA) is 52.7 Å². The zero-order valence-corrected chi connectivity index (χ0v) is 13.4. The molecule has 0 aromatic heterocycles. The van der Waals surface area contributed by atoms with E-state index in [1.54, 1.807) is 11.9 Å². The lowest BCUT2D eigenvalue weighted by Crippen LogP contribution is -2.32. The number of nitrogens with one attached hydrogen (secondary N) is 1. The van der Waals surface area contributed by atoms with Gasteiger partial charge in [0.25, 0.3) is 0 Å². The Labute approximate surface area is 132 Å². The summed E-state index contributed by atoms with van der Waals surface area (Å²) in [6.45, 7) is 4.88. The highest BCUT2D eigenvalue weighted by molar-refractivity contribution is 5.80. The van der Waals surface area contributed by atoms with Gasteiger partial charge in [0.05, 0.1) is 0 Å². The first-order valence-electron chi connectivity index (χ1n) is 7.91. The Balaban J connectivity index is 1.97. The fourth-order valence-electron chi connectivity index (χ4n) is 2.71. The van der Waals surface area contributed by atoms with Crippen LogP contribution in [0.3, 0.4) is 0 Å². The zero-order chi connectivity index (χ0) is 15.9. The predicted molar refractivity (Wildman–Crippen MR) is 89.1 cm³/mol. The lowest BCUT2D eigenvalue weighted by atomic mass is 9.99. The second kappa shape index (κ2) is 7.82. The maximum absolute atomic E-state index is 11.3. The third kappa shape index (κ3) is 4.23. The van der Waals surface area contributed by atoms with Crippen molar-refractivity contribution in [2.45, 2.75) is 26.2 Å². The van der Waals surface area contributed by atoms with Crippen LogP contribution in [0.4, 0.5) is 11.4 Å². The van der Waals surface area contributed by atoms with E-state index in [2.05, 4.69) is 29.3 Å². The van der Waals surface area contributed by atoms with E-state index in [0.29, 0.717) is 13.0 Å². The van der Waals surface area contributed by atoms with Crippen LogP contribution in [0.1, 0.15) is 26.2 Å². The van der Waals surface area contributed by atoms with Gasteiger partial charge in [0.1, 0.15) is 0 Å². The van der Waals surface area contributed by atoms with Gasteiger partial charge in [0.2, 0.25) is 12.3 Å². The quantitative estimate of drug-likeness (QED) is 0.818. The highest BCUT2D eigenvalue weighted by Gasteiger charge is 2.16. The Morgan fingerprint density at radius 1 is 1.32 bits per heavy atom. The molecule has 1 aromatic rings. The van der Waals surface area contributed by atoms with E-state index in [1.165, 1.54) is 18.5 Å². The average molecular weight is 303 g/mol. The van der Waals surface area contributed by atoms with Crippen molar-refractivity contribution in [3.8, 4) is 0 Å². The van der Waals surface area contributed by atoms with Gasteiger partial charge in [-0.15, -0.1) is 0 Å². The van der Waals surface area contributed by atoms with Gasteiger partial charge in [0, 0.05) is 44.5 Å². The van der Waals surface area contributed by atoms with Crippen LogP contribution in [-0.4, -0.2) is 39.0 Å². The van der Waals surface area contributed by atoms with Crippen molar-refractivity contribution in [2.75, 3.05) is 36.5 Å². The fourth-order valence-corrected chi connectivity index (χ4v) is 2.71. The fraction of sp³-hybridized carbons (Fsp3) is 0.529. The van der Waals surface area contributed by atoms with Crippen LogP contribution in [0.25, 0.3) is 0 Å². The number of rotatable bonds is 6. The van der Waals surface area contributed by atoms with E-state index in [1.807, 2.05) is 12.1 Å². The summed E-state index contributed by atoms with van der Waals surface area (Å²) in [5, 5.41) is 2.56. The standard InChI is InChI=1S/C17H25N3O2/c1-14-7-10-19(11-8-14)15-3-5-16(6-4-15)20(13-21)12-9-17(22)18-2/h3-6,13-14H,7-12H2,1-2H3,(H,18,22). The molecule has 1 saturated heterocycles. The van der Waals surface area contributed by atoms with Crippen LogP contribution >= 0.6 is 0 Å². The van der Waals surface area contributed by atoms with E-state index in [-0.39, 0.29) is 5.91 Å². The van der Waals surface area contributed by atoms with Gasteiger partial charge in [-0.2, -0.15) is 0 Å². The summed E-state index contributed by atoms with van der Waals surface area (Å²) in [6, 6.07) is 8.01. The summed E-state index contributed by atoms with van der Waals surface area (Å²) in [7, 11) is 1.60. The normalized spacial score (nSPS) is 15.5. The van der Waals surface area contributed by atoms with Crippen molar-refractivity contribution < 1.29 is 9.59 Å². The molecule has 1 fully saturated rings. The van der Waals surface area contributed by atoms with Gasteiger partial charge in [-0.3, -0.25) is 9.59 Å². The molecule has 2 rings (SSSR count). The average Bonchev–Trinajstić information content (AvgIpc) is 2.56. The molecule has 5 nitrogen and oxygen atoms in total. The van der Waals surface area contributed by atoms with Gasteiger partial charge in [-0.05, 0) is 43.0 Å². The number of amides is 2. The highest BCUT2D eigenvalue weighted by atomic mass is 16.2. The Hall–Kier alpha value is -2.04. The van der Waals surface area contributed by atoms with Crippen LogP contribution in [0.5, 0.6) is 0 Å². The van der Waals surface area contributed by atoms with Crippen molar-refractivity contribution in [1.29, 1.82) is 0 Å². The van der Waals surface area contributed by atoms with Crippen molar-refractivity contribution >= 4 is 23.7 Å². The van der Waals surface area contributed by atoms with Crippen molar-refractivity contribution in [3.05, 3.63) is 24.3 Å². The minimum absolute atomic E-state index is 0.0640. The minimum Gasteiger partial charge on any atom is -0.372 e. The first-order chi connectivity index (χ1) is 10.6. The molecule has 2 amide bonds. The van der Waals surface area contributed by atoms with Crippen LogP contribution in [0.15, 0.2) is 24.3 Å². The summed E-state index contributed by atoms with van der Waals surface area (Å²) in [4.78, 5) is 26.5. The van der Waals surface area contributed by atoms with Crippen molar-refractivity contribution in [3.63, 3.8) is 0 Å². The molecule has 0 spiro atoms.